The molecule has 1 heteroatoms. The molecule has 56 valence electrons. The van der Waals surface area contributed by atoms with Gasteiger partial charge in [-0.25, -0.2) is 0 Å². The first-order valence-electron chi connectivity index (χ1n) is 3.86. The Bertz CT molecular complexity index is 136. The predicted octanol–water partition coefficient (Wildman–Crippen LogP) is 2.50. The highest BCUT2D eigenvalue weighted by atomic mass is 16.5. The van der Waals surface area contributed by atoms with Crippen LogP contribution in [0.1, 0.15) is 19.8 Å². The first-order chi connectivity index (χ1) is 4.93. The van der Waals surface area contributed by atoms with Gasteiger partial charge in [0, 0.05) is 5.92 Å². The molecule has 0 amide bonds. The van der Waals surface area contributed by atoms with Gasteiger partial charge in [0.1, 0.15) is 0 Å². The lowest BCUT2D eigenvalue weighted by Gasteiger charge is -1.99. The Balaban J connectivity index is 2.13. The highest BCUT2D eigenvalue weighted by molar-refractivity contribution is 4.94. The van der Waals surface area contributed by atoms with E-state index in [1.54, 1.807) is 6.26 Å². The van der Waals surface area contributed by atoms with Crippen molar-refractivity contribution in [3.8, 4) is 0 Å². The van der Waals surface area contributed by atoms with Gasteiger partial charge in [-0.05, 0) is 18.9 Å². The van der Waals surface area contributed by atoms with E-state index >= 15 is 0 Å². The van der Waals surface area contributed by atoms with Crippen molar-refractivity contribution in [2.75, 3.05) is 6.61 Å². The third-order valence-electron chi connectivity index (χ3n) is 1.60. The number of ether oxygens (including phenoxy) is 1. The molecule has 0 aliphatic carbocycles. The van der Waals surface area contributed by atoms with Gasteiger partial charge < -0.3 is 4.74 Å². The summed E-state index contributed by atoms with van der Waals surface area (Å²) in [5, 5.41) is 0. The maximum absolute atomic E-state index is 5.07. The van der Waals surface area contributed by atoms with E-state index in [4.69, 9.17) is 4.74 Å². The van der Waals surface area contributed by atoms with Gasteiger partial charge in [-0.2, -0.15) is 0 Å². The fraction of sp³-hybridized carbons (Fsp3) is 0.556. The van der Waals surface area contributed by atoms with Crippen LogP contribution in [-0.4, -0.2) is 6.61 Å². The Morgan fingerprint density at radius 1 is 1.60 bits per heavy atom. The first kappa shape index (κ1) is 7.39. The van der Waals surface area contributed by atoms with Gasteiger partial charge in [-0.3, -0.25) is 0 Å². The molecule has 0 bridgehead atoms. The summed E-state index contributed by atoms with van der Waals surface area (Å²) in [4.78, 5) is 0. The molecule has 0 radical (unpaired) electrons. The fourth-order valence-electron chi connectivity index (χ4n) is 0.986. The quantitative estimate of drug-likeness (QED) is 0.544. The molecule has 0 saturated heterocycles. The smallest absolute Gasteiger partial charge is 0.0939 e. The van der Waals surface area contributed by atoms with E-state index in [1.165, 1.54) is 0 Å². The molecule has 1 aliphatic rings. The van der Waals surface area contributed by atoms with E-state index in [1.807, 2.05) is 0 Å². The first-order valence-corrected chi connectivity index (χ1v) is 3.86. The topological polar surface area (TPSA) is 9.23 Å². The molecule has 10 heavy (non-hydrogen) atoms. The molecule has 1 nitrogen and oxygen atoms in total. The van der Waals surface area contributed by atoms with E-state index in [0.29, 0.717) is 5.92 Å². The molecular weight excluding hydrogens is 124 g/mol. The van der Waals surface area contributed by atoms with Crippen LogP contribution in [0.2, 0.25) is 0 Å². The number of hydrogen-bond donors (Lipinski definition) is 0. The van der Waals surface area contributed by atoms with E-state index in [0.717, 1.165) is 19.4 Å². The number of rotatable bonds is 3. The predicted molar refractivity (Wildman–Crippen MR) is 42.6 cm³/mol. The molecule has 1 atom stereocenters. The SMILES string of the molecule is CC/C=C\CC1C=COC1. The van der Waals surface area contributed by atoms with Crippen LogP contribution in [0.25, 0.3) is 0 Å². The lowest BCUT2D eigenvalue weighted by Crippen LogP contribution is -1.95. The second-order valence-corrected chi connectivity index (χ2v) is 2.54. The summed E-state index contributed by atoms with van der Waals surface area (Å²) in [6.07, 6.45) is 10.6. The minimum Gasteiger partial charge on any atom is -0.501 e. The van der Waals surface area contributed by atoms with E-state index in [9.17, 15) is 0 Å². The summed E-state index contributed by atoms with van der Waals surface area (Å²) in [6, 6.07) is 0. The van der Waals surface area contributed by atoms with Crippen molar-refractivity contribution in [3.63, 3.8) is 0 Å². The van der Waals surface area contributed by atoms with Crippen molar-refractivity contribution in [1.82, 2.24) is 0 Å². The summed E-state index contributed by atoms with van der Waals surface area (Å²) in [7, 11) is 0. The minimum absolute atomic E-state index is 0.628. The maximum Gasteiger partial charge on any atom is 0.0939 e. The summed E-state index contributed by atoms with van der Waals surface area (Å²) in [6.45, 7) is 3.02. The van der Waals surface area contributed by atoms with Crippen LogP contribution in [0, 0.1) is 5.92 Å². The van der Waals surface area contributed by atoms with Gasteiger partial charge in [0.2, 0.25) is 0 Å². The Morgan fingerprint density at radius 3 is 3.10 bits per heavy atom. The number of hydrogen-bond acceptors (Lipinski definition) is 1. The van der Waals surface area contributed by atoms with E-state index < -0.39 is 0 Å². The zero-order valence-electron chi connectivity index (χ0n) is 6.42. The van der Waals surface area contributed by atoms with Crippen LogP contribution in [0.4, 0.5) is 0 Å². The van der Waals surface area contributed by atoms with Gasteiger partial charge in [0.15, 0.2) is 0 Å². The second-order valence-electron chi connectivity index (χ2n) is 2.54. The van der Waals surface area contributed by atoms with Gasteiger partial charge in [-0.15, -0.1) is 0 Å². The molecule has 0 aromatic heterocycles. The van der Waals surface area contributed by atoms with Crippen LogP contribution < -0.4 is 0 Å². The second kappa shape index (κ2) is 4.15. The third kappa shape index (κ3) is 2.26. The van der Waals surface area contributed by atoms with Crippen LogP contribution >= 0.6 is 0 Å². The maximum atomic E-state index is 5.07. The van der Waals surface area contributed by atoms with Gasteiger partial charge >= 0.3 is 0 Å². The fourth-order valence-corrected chi connectivity index (χ4v) is 0.986. The highest BCUT2D eigenvalue weighted by Gasteiger charge is 2.06. The zero-order valence-corrected chi connectivity index (χ0v) is 6.42. The third-order valence-corrected chi connectivity index (χ3v) is 1.60. The standard InChI is InChI=1S/C9H14O/c1-2-3-4-5-9-6-7-10-8-9/h3-4,6-7,9H,2,5,8H2,1H3/b4-3-. The van der Waals surface area contributed by atoms with Crippen LogP contribution in [0.3, 0.4) is 0 Å². The van der Waals surface area contributed by atoms with Crippen molar-refractivity contribution in [2.45, 2.75) is 19.8 Å². The molecule has 0 aromatic rings. The molecule has 0 saturated carbocycles. The highest BCUT2D eigenvalue weighted by Crippen LogP contribution is 2.12. The molecule has 1 heterocycles. The Labute approximate surface area is 62.4 Å². The molecular formula is C9H14O. The average Bonchev–Trinajstić information content (AvgIpc) is 2.41. The molecule has 1 aliphatic heterocycles. The Hall–Kier alpha value is -0.720. The molecule has 1 unspecified atom stereocenters. The van der Waals surface area contributed by atoms with Crippen molar-refractivity contribution in [2.24, 2.45) is 5.92 Å². The summed E-state index contributed by atoms with van der Waals surface area (Å²) in [5.41, 5.74) is 0. The molecule has 0 aromatic carbocycles. The Morgan fingerprint density at radius 2 is 2.50 bits per heavy atom. The molecule has 1 rings (SSSR count). The zero-order chi connectivity index (χ0) is 7.23. The van der Waals surface area contributed by atoms with Gasteiger partial charge in [0.25, 0.3) is 0 Å². The molecule has 0 spiro atoms. The van der Waals surface area contributed by atoms with Gasteiger partial charge in [-0.1, -0.05) is 19.1 Å². The Kier molecular flexibility index (Phi) is 3.07. The normalized spacial score (nSPS) is 23.9. The van der Waals surface area contributed by atoms with Crippen LogP contribution in [0.5, 0.6) is 0 Å². The summed E-state index contributed by atoms with van der Waals surface area (Å²) in [5.74, 6) is 0.628. The average molecular weight is 138 g/mol. The summed E-state index contributed by atoms with van der Waals surface area (Å²) < 4.78 is 5.07. The largest absolute Gasteiger partial charge is 0.501 e. The van der Waals surface area contributed by atoms with Crippen molar-refractivity contribution >= 4 is 0 Å². The van der Waals surface area contributed by atoms with E-state index in [2.05, 4.69) is 25.2 Å². The monoisotopic (exact) mass is 138 g/mol. The lowest BCUT2D eigenvalue weighted by atomic mass is 10.1. The lowest BCUT2D eigenvalue weighted by molar-refractivity contribution is 0.250. The van der Waals surface area contributed by atoms with E-state index in [-0.39, 0.29) is 0 Å². The summed E-state index contributed by atoms with van der Waals surface area (Å²) >= 11 is 0. The van der Waals surface area contributed by atoms with Crippen molar-refractivity contribution < 1.29 is 4.74 Å². The minimum atomic E-state index is 0.628. The van der Waals surface area contributed by atoms with Crippen LogP contribution in [0.15, 0.2) is 24.5 Å². The van der Waals surface area contributed by atoms with Crippen LogP contribution in [-0.2, 0) is 4.74 Å². The van der Waals surface area contributed by atoms with Crippen molar-refractivity contribution in [3.05, 3.63) is 24.5 Å². The van der Waals surface area contributed by atoms with Gasteiger partial charge in [0.05, 0.1) is 12.9 Å². The number of allylic oxidation sites excluding steroid dienone is 2. The molecule has 0 fully saturated rings. The van der Waals surface area contributed by atoms with Crippen molar-refractivity contribution in [1.29, 1.82) is 0 Å². The molecule has 0 N–H and O–H groups in total.